The van der Waals surface area contributed by atoms with Crippen molar-refractivity contribution in [3.05, 3.63) is 24.3 Å². The van der Waals surface area contributed by atoms with Crippen molar-refractivity contribution in [1.82, 2.24) is 0 Å². The third-order valence-electron chi connectivity index (χ3n) is 2.96. The minimum absolute atomic E-state index is 0.292. The van der Waals surface area contributed by atoms with Gasteiger partial charge in [-0.2, -0.15) is 0 Å². The number of hydrogen-bond acceptors (Lipinski definition) is 2. The minimum atomic E-state index is 0.292. The fourth-order valence-electron chi connectivity index (χ4n) is 1.53. The summed E-state index contributed by atoms with van der Waals surface area (Å²) in [5, 5.41) is 0. The third kappa shape index (κ3) is 8.08. The van der Waals surface area contributed by atoms with Gasteiger partial charge in [-0.1, -0.05) is 47.6 Å². The molecular weight excluding hydrogens is 248 g/mol. The van der Waals surface area contributed by atoms with Crippen LogP contribution >= 0.6 is 0 Å². The topological polar surface area (TPSA) is 18.5 Å². The molecule has 0 saturated heterocycles. The van der Waals surface area contributed by atoms with Gasteiger partial charge in [-0.3, -0.25) is 0 Å². The highest BCUT2D eigenvalue weighted by Gasteiger charge is 2.11. The van der Waals surface area contributed by atoms with Gasteiger partial charge < -0.3 is 9.47 Å². The first-order valence-electron chi connectivity index (χ1n) is 7.44. The van der Waals surface area contributed by atoms with Gasteiger partial charge in [0.15, 0.2) is 0 Å². The van der Waals surface area contributed by atoms with Gasteiger partial charge >= 0.3 is 0 Å². The lowest BCUT2D eigenvalue weighted by Crippen LogP contribution is -2.12. The van der Waals surface area contributed by atoms with Gasteiger partial charge in [0.05, 0.1) is 19.3 Å². The smallest absolute Gasteiger partial charge is 0.131 e. The molecule has 1 aromatic rings. The van der Waals surface area contributed by atoms with Crippen LogP contribution in [0.3, 0.4) is 0 Å². The molecule has 20 heavy (non-hydrogen) atoms. The summed E-state index contributed by atoms with van der Waals surface area (Å²) in [7, 11) is 0. The van der Waals surface area contributed by atoms with Crippen LogP contribution in [0.15, 0.2) is 18.2 Å². The Bertz CT molecular complexity index is 361. The zero-order valence-electron chi connectivity index (χ0n) is 13.9. The van der Waals surface area contributed by atoms with Crippen molar-refractivity contribution in [2.24, 2.45) is 10.8 Å². The summed E-state index contributed by atoms with van der Waals surface area (Å²) >= 11 is 0. The molecule has 0 spiro atoms. The Kier molecular flexibility index (Phi) is 5.91. The highest BCUT2D eigenvalue weighted by Crippen LogP contribution is 2.23. The van der Waals surface area contributed by atoms with Crippen LogP contribution in [0.5, 0.6) is 11.5 Å². The molecule has 1 rings (SSSR count). The normalized spacial score (nSPS) is 12.3. The predicted molar refractivity (Wildman–Crippen MR) is 84.4 cm³/mol. The molecule has 1 aromatic carbocycles. The van der Waals surface area contributed by atoms with Gasteiger partial charge in [0.1, 0.15) is 11.5 Å². The van der Waals surface area contributed by atoms with Gasteiger partial charge in [-0.05, 0) is 35.8 Å². The molecule has 2 nitrogen and oxygen atoms in total. The van der Waals surface area contributed by atoms with Gasteiger partial charge in [0.25, 0.3) is 0 Å². The quantitative estimate of drug-likeness (QED) is 0.718. The number of ether oxygens (including phenoxy) is 2. The summed E-state index contributed by atoms with van der Waals surface area (Å²) in [6.07, 6.45) is 2.05. The Hall–Kier alpha value is -1.18. The Morgan fingerprint density at radius 1 is 0.800 bits per heavy atom. The monoisotopic (exact) mass is 277 g/mol. The predicted octanol–water partition coefficient (Wildman–Crippen LogP) is 5.12. The Morgan fingerprint density at radius 3 is 1.55 bits per heavy atom. The Morgan fingerprint density at radius 2 is 1.20 bits per heavy atom. The summed E-state index contributed by atoms with van der Waals surface area (Å²) in [5.41, 5.74) is 0.585. The lowest BCUT2D eigenvalue weighted by atomic mass is 9.93. The van der Waals surface area contributed by atoms with Gasteiger partial charge in [-0.25, -0.2) is 0 Å². The van der Waals surface area contributed by atoms with E-state index in [0.717, 1.165) is 24.3 Å². The maximum atomic E-state index is 5.73. The highest BCUT2D eigenvalue weighted by atomic mass is 16.5. The first-order chi connectivity index (χ1) is 9.16. The molecule has 2 heteroatoms. The summed E-state index contributed by atoms with van der Waals surface area (Å²) in [4.78, 5) is 0. The molecular formula is C18H29O2. The average Bonchev–Trinajstić information content (AvgIpc) is 2.26. The summed E-state index contributed by atoms with van der Waals surface area (Å²) < 4.78 is 11.5. The number of rotatable bonds is 6. The van der Waals surface area contributed by atoms with E-state index >= 15 is 0 Å². The van der Waals surface area contributed by atoms with Crippen LogP contribution in [0.4, 0.5) is 0 Å². The van der Waals surface area contributed by atoms with E-state index in [2.05, 4.69) is 47.6 Å². The summed E-state index contributed by atoms with van der Waals surface area (Å²) in [6, 6.07) is 8.99. The fraction of sp³-hybridized carbons (Fsp3) is 0.667. The van der Waals surface area contributed by atoms with Crippen molar-refractivity contribution in [1.29, 1.82) is 0 Å². The van der Waals surface area contributed by atoms with E-state index in [9.17, 15) is 0 Å². The maximum absolute atomic E-state index is 5.73. The molecule has 0 unspecified atom stereocenters. The largest absolute Gasteiger partial charge is 0.493 e. The lowest BCUT2D eigenvalue weighted by Gasteiger charge is -2.19. The minimum Gasteiger partial charge on any atom is -0.493 e. The van der Waals surface area contributed by atoms with E-state index < -0.39 is 0 Å². The first-order valence-corrected chi connectivity index (χ1v) is 7.44. The molecule has 113 valence electrons. The Labute approximate surface area is 124 Å². The second-order valence-electron chi connectivity index (χ2n) is 7.70. The molecule has 0 aromatic heterocycles. The van der Waals surface area contributed by atoms with Gasteiger partial charge in [0, 0.05) is 0 Å². The molecule has 0 amide bonds. The number of hydrogen-bond donors (Lipinski definition) is 0. The van der Waals surface area contributed by atoms with Crippen LogP contribution in [-0.4, -0.2) is 13.2 Å². The SMILES string of the molecule is CC(C)(C)CCOc1[c]c(OCCC(C)(C)C)ccc1. The van der Waals surface area contributed by atoms with Crippen LogP contribution < -0.4 is 9.47 Å². The molecule has 0 aliphatic carbocycles. The molecule has 0 heterocycles. The molecule has 1 radical (unpaired) electrons. The second kappa shape index (κ2) is 7.01. The highest BCUT2D eigenvalue weighted by molar-refractivity contribution is 5.31. The van der Waals surface area contributed by atoms with Crippen LogP contribution in [0.2, 0.25) is 0 Å². The van der Waals surface area contributed by atoms with Crippen LogP contribution in [-0.2, 0) is 0 Å². The second-order valence-corrected chi connectivity index (χ2v) is 7.70. The van der Waals surface area contributed by atoms with Gasteiger partial charge in [-0.15, -0.1) is 0 Å². The van der Waals surface area contributed by atoms with Gasteiger partial charge in [0.2, 0.25) is 0 Å². The van der Waals surface area contributed by atoms with E-state index in [-0.39, 0.29) is 0 Å². The fourth-order valence-corrected chi connectivity index (χ4v) is 1.53. The van der Waals surface area contributed by atoms with E-state index in [0.29, 0.717) is 24.0 Å². The molecule has 0 atom stereocenters. The van der Waals surface area contributed by atoms with Crippen molar-refractivity contribution in [2.75, 3.05) is 13.2 Å². The van der Waals surface area contributed by atoms with Crippen molar-refractivity contribution >= 4 is 0 Å². The molecule has 0 aliphatic rings. The Balaban J connectivity index is 2.41. The zero-order valence-corrected chi connectivity index (χ0v) is 13.9. The van der Waals surface area contributed by atoms with E-state index in [4.69, 9.17) is 9.47 Å². The standard InChI is InChI=1S/C18H29O2/c1-17(2,3)10-12-19-15-8-7-9-16(14-15)20-13-11-18(4,5)6/h7-9H,10-13H2,1-6H3. The molecule has 0 bridgehead atoms. The van der Waals surface area contributed by atoms with E-state index in [1.54, 1.807) is 0 Å². The summed E-state index contributed by atoms with van der Waals surface area (Å²) in [6.45, 7) is 14.7. The van der Waals surface area contributed by atoms with Crippen molar-refractivity contribution < 1.29 is 9.47 Å². The maximum Gasteiger partial charge on any atom is 0.131 e. The number of benzene rings is 1. The van der Waals surface area contributed by atoms with Crippen LogP contribution in [0.1, 0.15) is 54.4 Å². The summed E-state index contributed by atoms with van der Waals surface area (Å²) in [5.74, 6) is 1.53. The zero-order chi connectivity index (χ0) is 15.2. The molecule has 0 aliphatic heterocycles. The third-order valence-corrected chi connectivity index (χ3v) is 2.96. The van der Waals surface area contributed by atoms with Crippen molar-refractivity contribution in [3.63, 3.8) is 0 Å². The first kappa shape index (κ1) is 16.9. The molecule has 0 N–H and O–H groups in total. The van der Waals surface area contributed by atoms with Crippen molar-refractivity contribution in [3.8, 4) is 11.5 Å². The lowest BCUT2D eigenvalue weighted by molar-refractivity contribution is 0.233. The molecule has 0 fully saturated rings. The average molecular weight is 277 g/mol. The van der Waals surface area contributed by atoms with Crippen LogP contribution in [0.25, 0.3) is 0 Å². The van der Waals surface area contributed by atoms with E-state index in [1.807, 2.05) is 18.2 Å². The van der Waals surface area contributed by atoms with Crippen LogP contribution in [0, 0.1) is 16.9 Å². The molecule has 0 saturated carbocycles. The van der Waals surface area contributed by atoms with Crippen molar-refractivity contribution in [2.45, 2.75) is 54.4 Å². The van der Waals surface area contributed by atoms with E-state index in [1.165, 1.54) is 0 Å².